The van der Waals surface area contributed by atoms with E-state index >= 15 is 0 Å². The maximum absolute atomic E-state index is 11.3. The molecule has 9 heteroatoms. The first-order valence-corrected chi connectivity index (χ1v) is 11.7. The van der Waals surface area contributed by atoms with Gasteiger partial charge in [-0.05, 0) is 78.5 Å². The minimum absolute atomic E-state index is 0.248. The van der Waals surface area contributed by atoms with Crippen molar-refractivity contribution >= 4 is 5.97 Å². The van der Waals surface area contributed by atoms with E-state index in [2.05, 4.69) is 6.92 Å². The van der Waals surface area contributed by atoms with Crippen LogP contribution in [0, 0.1) is 17.3 Å². The number of aliphatic carboxylic acids is 1. The summed E-state index contributed by atoms with van der Waals surface area (Å²) in [5, 5.41) is 60.2. The van der Waals surface area contributed by atoms with Gasteiger partial charge in [-0.2, -0.15) is 0 Å². The zero-order valence-electron chi connectivity index (χ0n) is 18.4. The van der Waals surface area contributed by atoms with E-state index < -0.39 is 48.9 Å². The zero-order chi connectivity index (χ0) is 23.7. The lowest BCUT2D eigenvalue weighted by Crippen LogP contribution is -2.61. The molecule has 1 heterocycles. The average molecular weight is 465 g/mol. The molecule has 2 saturated carbocycles. The van der Waals surface area contributed by atoms with Gasteiger partial charge in [-0.1, -0.05) is 13.0 Å². The standard InChI is InChI=1S/C24H32O9/c1-24-7-6-13-12-5-3-11(32-23-19(28)17(26)18(27)20(33-23)22(30)31)8-10(12)2-4-14(13)15(24)9-16(25)21(24)29/h3,5,8,13-21,23,25-29H,2,4,6-7,9H2,1H3,(H,30,31)/t13-,14+,15-,16+,17-,18-,19+,20-,21-,23-,24-/m0/s1. The minimum Gasteiger partial charge on any atom is -0.479 e. The van der Waals surface area contributed by atoms with Crippen LogP contribution in [-0.4, -0.2) is 79.5 Å². The number of ether oxygens (including phenoxy) is 2. The minimum atomic E-state index is -1.76. The van der Waals surface area contributed by atoms with Gasteiger partial charge in [0, 0.05) is 0 Å². The summed E-state index contributed by atoms with van der Waals surface area (Å²) in [5.74, 6) is -0.0622. The molecule has 0 unspecified atom stereocenters. The van der Waals surface area contributed by atoms with Crippen LogP contribution in [-0.2, 0) is 16.0 Å². The van der Waals surface area contributed by atoms with Gasteiger partial charge in [-0.25, -0.2) is 4.79 Å². The predicted molar refractivity (Wildman–Crippen MR) is 113 cm³/mol. The monoisotopic (exact) mass is 464 g/mol. The van der Waals surface area contributed by atoms with Crippen molar-refractivity contribution in [2.24, 2.45) is 17.3 Å². The van der Waals surface area contributed by atoms with Crippen molar-refractivity contribution in [3.05, 3.63) is 29.3 Å². The Balaban J connectivity index is 1.34. The number of fused-ring (bicyclic) bond motifs is 5. The maximum Gasteiger partial charge on any atom is 0.335 e. The van der Waals surface area contributed by atoms with Gasteiger partial charge in [0.2, 0.25) is 6.29 Å². The summed E-state index contributed by atoms with van der Waals surface area (Å²) in [6.45, 7) is 2.10. The van der Waals surface area contributed by atoms with Crippen LogP contribution in [0.4, 0.5) is 0 Å². The van der Waals surface area contributed by atoms with Gasteiger partial charge < -0.3 is 40.1 Å². The Bertz CT molecular complexity index is 921. The lowest BCUT2D eigenvalue weighted by Gasteiger charge is -2.50. The molecule has 3 aliphatic carbocycles. The van der Waals surface area contributed by atoms with E-state index in [9.17, 15) is 35.4 Å². The first-order chi connectivity index (χ1) is 15.6. The lowest BCUT2D eigenvalue weighted by molar-refractivity contribution is -0.271. The normalized spacial score (nSPS) is 46.7. The predicted octanol–water partition coefficient (Wildman–Crippen LogP) is 0.145. The van der Waals surface area contributed by atoms with E-state index in [1.165, 1.54) is 5.56 Å². The topological polar surface area (TPSA) is 157 Å². The van der Waals surface area contributed by atoms with Crippen LogP contribution < -0.4 is 4.74 Å². The van der Waals surface area contributed by atoms with E-state index in [0.717, 1.165) is 31.2 Å². The molecule has 1 aliphatic heterocycles. The molecule has 0 aromatic heterocycles. The van der Waals surface area contributed by atoms with Gasteiger partial charge >= 0.3 is 5.97 Å². The molecule has 0 spiro atoms. The second-order valence-corrected chi connectivity index (χ2v) is 10.4. The molecule has 5 rings (SSSR count). The quantitative estimate of drug-likeness (QED) is 0.366. The second-order valence-electron chi connectivity index (χ2n) is 10.4. The molecule has 9 nitrogen and oxygen atoms in total. The smallest absolute Gasteiger partial charge is 0.335 e. The summed E-state index contributed by atoms with van der Waals surface area (Å²) in [5.41, 5.74) is 2.08. The molecular formula is C24H32O9. The molecule has 3 fully saturated rings. The Morgan fingerprint density at radius 2 is 1.85 bits per heavy atom. The molecule has 11 atom stereocenters. The third-order valence-electron chi connectivity index (χ3n) is 8.74. The number of hydrogen-bond acceptors (Lipinski definition) is 8. The molecule has 182 valence electrons. The Morgan fingerprint density at radius 1 is 1.09 bits per heavy atom. The van der Waals surface area contributed by atoms with Crippen molar-refractivity contribution in [3.8, 4) is 5.75 Å². The first kappa shape index (κ1) is 23.0. The number of benzene rings is 1. The third-order valence-corrected chi connectivity index (χ3v) is 8.74. The summed E-state index contributed by atoms with van der Waals surface area (Å²) < 4.78 is 10.9. The number of aliphatic hydroxyl groups excluding tert-OH is 5. The van der Waals surface area contributed by atoms with Crippen LogP contribution in [0.25, 0.3) is 0 Å². The molecule has 0 amide bonds. The Hall–Kier alpha value is -1.75. The van der Waals surface area contributed by atoms with Gasteiger partial charge in [0.25, 0.3) is 0 Å². The summed E-state index contributed by atoms with van der Waals surface area (Å²) in [7, 11) is 0. The molecule has 1 aromatic carbocycles. The second kappa shape index (κ2) is 8.18. The van der Waals surface area contributed by atoms with Gasteiger partial charge in [0.1, 0.15) is 24.1 Å². The summed E-state index contributed by atoms with van der Waals surface area (Å²) in [4.78, 5) is 11.3. The largest absolute Gasteiger partial charge is 0.479 e. The molecule has 1 saturated heterocycles. The molecule has 6 N–H and O–H groups in total. The van der Waals surface area contributed by atoms with Crippen molar-refractivity contribution < 1.29 is 44.9 Å². The van der Waals surface area contributed by atoms with Crippen molar-refractivity contribution in [2.75, 3.05) is 0 Å². The highest BCUT2D eigenvalue weighted by atomic mass is 16.7. The SMILES string of the molecule is C[C@]12CC[C@H]3c4ccc(O[C@H]5O[C@H](C(=O)O)[C@@H](O)[C@H](O)[C@H]5O)cc4CC[C@H]3[C@@H]1C[C@@H](O)[C@@H]2O. The van der Waals surface area contributed by atoms with E-state index in [1.54, 1.807) is 6.07 Å². The Labute approximate surface area is 191 Å². The maximum atomic E-state index is 11.3. The summed E-state index contributed by atoms with van der Waals surface area (Å²) in [6, 6.07) is 5.60. The van der Waals surface area contributed by atoms with Gasteiger partial charge in [-0.15, -0.1) is 0 Å². The van der Waals surface area contributed by atoms with Crippen LogP contribution in [0.1, 0.15) is 49.7 Å². The zero-order valence-corrected chi connectivity index (χ0v) is 18.4. The van der Waals surface area contributed by atoms with E-state index in [4.69, 9.17) is 9.47 Å². The average Bonchev–Trinajstić information content (AvgIpc) is 3.02. The number of hydrogen-bond donors (Lipinski definition) is 6. The van der Waals surface area contributed by atoms with E-state index in [0.29, 0.717) is 24.0 Å². The van der Waals surface area contributed by atoms with Crippen LogP contribution in [0.2, 0.25) is 0 Å². The van der Waals surface area contributed by atoms with E-state index in [-0.39, 0.29) is 11.3 Å². The fraction of sp³-hybridized carbons (Fsp3) is 0.708. The molecule has 0 radical (unpaired) electrons. The molecule has 0 bridgehead atoms. The number of carbonyl (C=O) groups is 1. The Morgan fingerprint density at radius 3 is 2.58 bits per heavy atom. The van der Waals surface area contributed by atoms with Gasteiger partial charge in [0.05, 0.1) is 12.2 Å². The fourth-order valence-corrected chi connectivity index (χ4v) is 6.90. The lowest BCUT2D eigenvalue weighted by atomic mass is 9.55. The van der Waals surface area contributed by atoms with Crippen LogP contribution in [0.3, 0.4) is 0 Å². The van der Waals surface area contributed by atoms with Crippen LogP contribution >= 0.6 is 0 Å². The van der Waals surface area contributed by atoms with Crippen molar-refractivity contribution in [1.82, 2.24) is 0 Å². The summed E-state index contributed by atoms with van der Waals surface area (Å²) >= 11 is 0. The van der Waals surface area contributed by atoms with Crippen LogP contribution in [0.5, 0.6) is 5.75 Å². The molecule has 33 heavy (non-hydrogen) atoms. The molecule has 4 aliphatic rings. The molecular weight excluding hydrogens is 432 g/mol. The first-order valence-electron chi connectivity index (χ1n) is 11.7. The third kappa shape index (κ3) is 3.57. The van der Waals surface area contributed by atoms with Crippen molar-refractivity contribution in [1.29, 1.82) is 0 Å². The van der Waals surface area contributed by atoms with Crippen molar-refractivity contribution in [3.63, 3.8) is 0 Å². The highest BCUT2D eigenvalue weighted by Gasteiger charge is 2.57. The summed E-state index contributed by atoms with van der Waals surface area (Å²) in [6.07, 6.45) is -5.40. The van der Waals surface area contributed by atoms with Crippen molar-refractivity contribution in [2.45, 2.75) is 87.9 Å². The fourth-order valence-electron chi connectivity index (χ4n) is 6.90. The Kier molecular flexibility index (Phi) is 5.70. The number of aliphatic hydroxyl groups is 5. The van der Waals surface area contributed by atoms with Gasteiger partial charge in [0.15, 0.2) is 6.10 Å². The highest BCUT2D eigenvalue weighted by molar-refractivity contribution is 5.73. The highest BCUT2D eigenvalue weighted by Crippen LogP contribution is 2.61. The number of rotatable bonds is 3. The van der Waals surface area contributed by atoms with E-state index in [1.807, 2.05) is 12.1 Å². The molecule has 1 aromatic rings. The van der Waals surface area contributed by atoms with Gasteiger partial charge in [-0.3, -0.25) is 0 Å². The number of carboxylic acids is 1. The number of aryl methyl sites for hydroxylation is 1. The van der Waals surface area contributed by atoms with Crippen LogP contribution in [0.15, 0.2) is 18.2 Å². The number of carboxylic acid groups (broad SMARTS) is 1.